The minimum atomic E-state index is -0.769. The van der Waals surface area contributed by atoms with Crippen molar-refractivity contribution >= 4 is 11.6 Å². The van der Waals surface area contributed by atoms with Crippen LogP contribution in [0.4, 0.5) is 14.5 Å². The summed E-state index contributed by atoms with van der Waals surface area (Å²) in [7, 11) is 0. The molecule has 3 nitrogen and oxygen atoms in total. The van der Waals surface area contributed by atoms with Gasteiger partial charge < -0.3 is 11.1 Å². The summed E-state index contributed by atoms with van der Waals surface area (Å²) in [5.74, 6) is -1.47. The van der Waals surface area contributed by atoms with Crippen LogP contribution in [0.15, 0.2) is 12.1 Å². The van der Waals surface area contributed by atoms with Crippen LogP contribution in [0.2, 0.25) is 0 Å². The summed E-state index contributed by atoms with van der Waals surface area (Å²) in [6.07, 6.45) is 0.976. The molecule has 0 saturated carbocycles. The molecular weight excluding hydrogens is 262 g/mol. The van der Waals surface area contributed by atoms with Crippen LogP contribution in [-0.2, 0) is 4.79 Å². The van der Waals surface area contributed by atoms with Crippen molar-refractivity contribution in [3.05, 3.63) is 29.3 Å². The van der Waals surface area contributed by atoms with Crippen molar-refractivity contribution in [1.29, 1.82) is 0 Å². The number of aryl methyl sites for hydroxylation is 1. The van der Waals surface area contributed by atoms with Gasteiger partial charge in [0.25, 0.3) is 0 Å². The van der Waals surface area contributed by atoms with E-state index in [4.69, 9.17) is 5.73 Å². The van der Waals surface area contributed by atoms with Gasteiger partial charge in [0.05, 0.1) is 0 Å². The van der Waals surface area contributed by atoms with Gasteiger partial charge in [-0.05, 0) is 43.4 Å². The molecule has 1 rings (SSSR count). The Morgan fingerprint density at radius 3 is 2.55 bits per heavy atom. The summed E-state index contributed by atoms with van der Waals surface area (Å²) in [5.41, 5.74) is 5.53. The van der Waals surface area contributed by atoms with Crippen LogP contribution in [0.1, 0.15) is 32.3 Å². The normalized spacial score (nSPS) is 12.6. The molecule has 1 aromatic carbocycles. The van der Waals surface area contributed by atoms with Crippen molar-refractivity contribution in [3.63, 3.8) is 0 Å². The van der Waals surface area contributed by atoms with Gasteiger partial charge >= 0.3 is 0 Å². The van der Waals surface area contributed by atoms with E-state index in [1.165, 1.54) is 13.0 Å². The summed E-state index contributed by atoms with van der Waals surface area (Å²) in [4.78, 5) is 11.9. The molecule has 20 heavy (non-hydrogen) atoms. The molecule has 3 N–H and O–H groups in total. The van der Waals surface area contributed by atoms with Gasteiger partial charge in [-0.25, -0.2) is 8.78 Å². The van der Waals surface area contributed by atoms with E-state index in [0.717, 1.165) is 12.5 Å². The van der Waals surface area contributed by atoms with Gasteiger partial charge in [0.15, 0.2) is 5.82 Å². The van der Waals surface area contributed by atoms with E-state index in [9.17, 15) is 13.6 Å². The molecule has 0 aromatic heterocycles. The third-order valence-corrected chi connectivity index (χ3v) is 3.16. The fourth-order valence-corrected chi connectivity index (χ4v) is 2.15. The molecule has 1 atom stereocenters. The van der Waals surface area contributed by atoms with Gasteiger partial charge in [0.2, 0.25) is 5.91 Å². The molecule has 112 valence electrons. The zero-order chi connectivity index (χ0) is 15.3. The van der Waals surface area contributed by atoms with Crippen molar-refractivity contribution in [2.75, 3.05) is 11.9 Å². The van der Waals surface area contributed by atoms with E-state index in [0.29, 0.717) is 18.0 Å². The van der Waals surface area contributed by atoms with E-state index in [1.54, 1.807) is 0 Å². The molecular formula is C15H22F2N2O. The number of nitrogens with two attached hydrogens (primary N) is 1. The van der Waals surface area contributed by atoms with Crippen molar-refractivity contribution in [3.8, 4) is 0 Å². The van der Waals surface area contributed by atoms with E-state index < -0.39 is 17.5 Å². The number of rotatable bonds is 6. The summed E-state index contributed by atoms with van der Waals surface area (Å²) >= 11 is 0. The highest BCUT2D eigenvalue weighted by Gasteiger charge is 2.18. The average Bonchev–Trinajstić information content (AvgIpc) is 2.38. The summed E-state index contributed by atoms with van der Waals surface area (Å²) < 4.78 is 27.3. The molecule has 0 aliphatic carbocycles. The Morgan fingerprint density at radius 1 is 1.35 bits per heavy atom. The number of amides is 1. The standard InChI is InChI=1S/C15H22F2N2O/c1-9(2)6-11(8-18)7-13(20)19-15-12(16)5-4-10(3)14(15)17/h4-5,9,11H,6-8,18H2,1-3H3,(H,19,20). The second kappa shape index (κ2) is 7.33. The van der Waals surface area contributed by atoms with Crippen molar-refractivity contribution < 1.29 is 13.6 Å². The lowest BCUT2D eigenvalue weighted by Gasteiger charge is -2.17. The molecule has 0 aliphatic rings. The number of halogens is 2. The van der Waals surface area contributed by atoms with Crippen LogP contribution < -0.4 is 11.1 Å². The van der Waals surface area contributed by atoms with Gasteiger partial charge in [-0.15, -0.1) is 0 Å². The van der Waals surface area contributed by atoms with E-state index in [2.05, 4.69) is 5.32 Å². The summed E-state index contributed by atoms with van der Waals surface area (Å²) in [6, 6.07) is 2.48. The SMILES string of the molecule is Cc1ccc(F)c(NC(=O)CC(CN)CC(C)C)c1F. The highest BCUT2D eigenvalue weighted by Crippen LogP contribution is 2.23. The van der Waals surface area contributed by atoms with Crippen LogP contribution in [0.5, 0.6) is 0 Å². The third-order valence-electron chi connectivity index (χ3n) is 3.16. The number of hydrogen-bond acceptors (Lipinski definition) is 2. The Kier molecular flexibility index (Phi) is 6.07. The van der Waals surface area contributed by atoms with Crippen LogP contribution in [0.3, 0.4) is 0 Å². The first-order chi connectivity index (χ1) is 9.35. The zero-order valence-corrected chi connectivity index (χ0v) is 12.2. The lowest BCUT2D eigenvalue weighted by Crippen LogP contribution is -2.24. The largest absolute Gasteiger partial charge is 0.330 e. The van der Waals surface area contributed by atoms with Crippen LogP contribution in [-0.4, -0.2) is 12.5 Å². The molecule has 0 fully saturated rings. The van der Waals surface area contributed by atoms with Gasteiger partial charge in [-0.2, -0.15) is 0 Å². The average molecular weight is 284 g/mol. The zero-order valence-electron chi connectivity index (χ0n) is 12.2. The molecule has 0 radical (unpaired) electrons. The quantitative estimate of drug-likeness (QED) is 0.842. The topological polar surface area (TPSA) is 55.1 Å². The van der Waals surface area contributed by atoms with Crippen LogP contribution in [0, 0.1) is 30.4 Å². The Balaban J connectivity index is 2.74. The molecule has 1 unspecified atom stereocenters. The number of carbonyl (C=O) groups is 1. The highest BCUT2D eigenvalue weighted by atomic mass is 19.1. The van der Waals surface area contributed by atoms with Gasteiger partial charge in [-0.3, -0.25) is 4.79 Å². The Hall–Kier alpha value is -1.49. The maximum atomic E-state index is 13.8. The maximum Gasteiger partial charge on any atom is 0.224 e. The second-order valence-corrected chi connectivity index (χ2v) is 5.54. The van der Waals surface area contributed by atoms with E-state index in [-0.39, 0.29) is 18.0 Å². The van der Waals surface area contributed by atoms with E-state index in [1.807, 2.05) is 13.8 Å². The number of hydrogen-bond donors (Lipinski definition) is 2. The molecule has 0 bridgehead atoms. The predicted molar refractivity (Wildman–Crippen MR) is 76.3 cm³/mol. The van der Waals surface area contributed by atoms with Crippen molar-refractivity contribution in [2.45, 2.75) is 33.6 Å². The van der Waals surface area contributed by atoms with E-state index >= 15 is 0 Å². The first-order valence-corrected chi connectivity index (χ1v) is 6.79. The fraction of sp³-hybridized carbons (Fsp3) is 0.533. The number of anilines is 1. The minimum absolute atomic E-state index is 0.0194. The fourth-order valence-electron chi connectivity index (χ4n) is 2.15. The van der Waals surface area contributed by atoms with Gasteiger partial charge in [0.1, 0.15) is 11.5 Å². The summed E-state index contributed by atoms with van der Waals surface area (Å²) in [5, 5.41) is 2.31. The monoisotopic (exact) mass is 284 g/mol. The Bertz CT molecular complexity index is 475. The first-order valence-electron chi connectivity index (χ1n) is 6.79. The molecule has 0 saturated heterocycles. The molecule has 0 aliphatic heterocycles. The Labute approximate surface area is 118 Å². The number of benzene rings is 1. The predicted octanol–water partition coefficient (Wildman–Crippen LogP) is 3.22. The number of nitrogens with one attached hydrogen (secondary N) is 1. The van der Waals surface area contributed by atoms with Crippen LogP contribution in [0.25, 0.3) is 0 Å². The highest BCUT2D eigenvalue weighted by molar-refractivity contribution is 5.91. The molecule has 0 spiro atoms. The van der Waals surface area contributed by atoms with Crippen LogP contribution >= 0.6 is 0 Å². The van der Waals surface area contributed by atoms with Crippen molar-refractivity contribution in [2.24, 2.45) is 17.6 Å². The van der Waals surface area contributed by atoms with Crippen molar-refractivity contribution in [1.82, 2.24) is 0 Å². The molecule has 5 heteroatoms. The molecule has 1 aromatic rings. The minimum Gasteiger partial charge on any atom is -0.330 e. The lowest BCUT2D eigenvalue weighted by atomic mass is 9.94. The first kappa shape index (κ1) is 16.6. The van der Waals surface area contributed by atoms with Gasteiger partial charge in [-0.1, -0.05) is 19.9 Å². The maximum absolute atomic E-state index is 13.8. The summed E-state index contributed by atoms with van der Waals surface area (Å²) in [6.45, 7) is 5.98. The molecule has 1 amide bonds. The Morgan fingerprint density at radius 2 is 2.00 bits per heavy atom. The smallest absolute Gasteiger partial charge is 0.224 e. The van der Waals surface area contributed by atoms with Gasteiger partial charge in [0, 0.05) is 6.42 Å². The second-order valence-electron chi connectivity index (χ2n) is 5.54. The lowest BCUT2D eigenvalue weighted by molar-refractivity contribution is -0.117. The number of carbonyl (C=O) groups excluding carboxylic acids is 1. The molecule has 0 heterocycles. The third kappa shape index (κ3) is 4.56.